The number of piperazine rings is 1. The van der Waals surface area contributed by atoms with Gasteiger partial charge in [-0.25, -0.2) is 0 Å². The third-order valence-corrected chi connectivity index (χ3v) is 5.75. The smallest absolute Gasteiger partial charge is 0.227 e. The number of carbonyl (C=O) groups is 1. The highest BCUT2D eigenvalue weighted by Gasteiger charge is 2.31. The van der Waals surface area contributed by atoms with E-state index in [9.17, 15) is 4.79 Å². The summed E-state index contributed by atoms with van der Waals surface area (Å²) in [6, 6.07) is 5.72. The summed E-state index contributed by atoms with van der Waals surface area (Å²) < 4.78 is 0. The van der Waals surface area contributed by atoms with Gasteiger partial charge >= 0.3 is 0 Å². The van der Waals surface area contributed by atoms with E-state index >= 15 is 0 Å². The first-order valence-electron chi connectivity index (χ1n) is 8.67. The van der Waals surface area contributed by atoms with Gasteiger partial charge in [-0.1, -0.05) is 29.3 Å². The van der Waals surface area contributed by atoms with Crippen molar-refractivity contribution in [2.24, 2.45) is 0 Å². The van der Waals surface area contributed by atoms with Crippen LogP contribution in [-0.4, -0.2) is 73.0 Å². The molecule has 1 unspecified atom stereocenters. The molecule has 2 saturated heterocycles. The number of hydrogen-bond acceptors (Lipinski definition) is 3. The number of halogens is 2. The summed E-state index contributed by atoms with van der Waals surface area (Å²) in [5, 5.41) is 1.04. The zero-order valence-electron chi connectivity index (χ0n) is 14.2. The van der Waals surface area contributed by atoms with E-state index in [1.54, 1.807) is 12.1 Å². The molecule has 24 heavy (non-hydrogen) atoms. The van der Waals surface area contributed by atoms with Gasteiger partial charge in [0.05, 0.1) is 22.5 Å². The quantitative estimate of drug-likeness (QED) is 0.816. The zero-order valence-corrected chi connectivity index (χ0v) is 15.7. The third-order valence-electron chi connectivity index (χ3n) is 5.01. The first-order chi connectivity index (χ1) is 11.5. The van der Waals surface area contributed by atoms with Crippen molar-refractivity contribution < 1.29 is 4.79 Å². The van der Waals surface area contributed by atoms with Gasteiger partial charge in [-0.2, -0.15) is 0 Å². The fourth-order valence-electron chi connectivity index (χ4n) is 3.68. The fourth-order valence-corrected chi connectivity index (χ4v) is 4.00. The summed E-state index contributed by atoms with van der Waals surface area (Å²) in [6.07, 6.45) is 2.94. The van der Waals surface area contributed by atoms with Crippen molar-refractivity contribution in [2.45, 2.75) is 25.3 Å². The van der Waals surface area contributed by atoms with Gasteiger partial charge in [-0.15, -0.1) is 0 Å². The topological polar surface area (TPSA) is 26.8 Å². The average molecular weight is 370 g/mol. The Kier molecular flexibility index (Phi) is 6.03. The number of hydrogen-bond donors (Lipinski definition) is 0. The number of likely N-dealkylation sites (tertiary alicyclic amines) is 1. The second-order valence-corrected chi connectivity index (χ2v) is 7.75. The second kappa shape index (κ2) is 8.05. The summed E-state index contributed by atoms with van der Waals surface area (Å²) in [4.78, 5) is 19.8. The molecular weight excluding hydrogens is 345 g/mol. The van der Waals surface area contributed by atoms with E-state index in [2.05, 4.69) is 21.7 Å². The predicted octanol–water partition coefficient (Wildman–Crippen LogP) is 2.77. The van der Waals surface area contributed by atoms with Gasteiger partial charge in [0, 0.05) is 26.2 Å². The predicted molar refractivity (Wildman–Crippen MR) is 98.8 cm³/mol. The lowest BCUT2D eigenvalue weighted by Gasteiger charge is -2.41. The lowest BCUT2D eigenvalue weighted by molar-refractivity contribution is -0.135. The Hall–Kier alpha value is -0.810. The number of rotatable bonds is 4. The van der Waals surface area contributed by atoms with Crippen LogP contribution in [0, 0.1) is 0 Å². The molecule has 2 aliphatic heterocycles. The Labute approximate surface area is 154 Å². The van der Waals surface area contributed by atoms with Crippen molar-refractivity contribution >= 4 is 29.1 Å². The van der Waals surface area contributed by atoms with Crippen LogP contribution in [0.3, 0.4) is 0 Å². The molecule has 1 aromatic carbocycles. The molecule has 0 aliphatic carbocycles. The van der Waals surface area contributed by atoms with Gasteiger partial charge in [0.25, 0.3) is 0 Å². The van der Waals surface area contributed by atoms with Crippen LogP contribution in [0.4, 0.5) is 0 Å². The molecule has 0 bridgehead atoms. The normalized spacial score (nSPS) is 23.0. The number of likely N-dealkylation sites (N-methyl/N-ethyl adjacent to an activating group) is 1. The maximum atomic E-state index is 12.9. The van der Waals surface area contributed by atoms with Gasteiger partial charge in [-0.3, -0.25) is 4.79 Å². The molecule has 132 valence electrons. The first-order valence-corrected chi connectivity index (χ1v) is 9.43. The molecule has 2 heterocycles. The van der Waals surface area contributed by atoms with Crippen molar-refractivity contribution in [1.29, 1.82) is 0 Å². The molecule has 6 heteroatoms. The summed E-state index contributed by atoms with van der Waals surface area (Å²) in [6.45, 7) is 5.99. The Morgan fingerprint density at radius 3 is 2.58 bits per heavy atom. The van der Waals surface area contributed by atoms with E-state index in [1.807, 2.05) is 6.07 Å². The van der Waals surface area contributed by atoms with Crippen molar-refractivity contribution in [1.82, 2.24) is 14.7 Å². The van der Waals surface area contributed by atoms with E-state index < -0.39 is 0 Å². The summed E-state index contributed by atoms with van der Waals surface area (Å²) in [7, 11) is 2.14. The highest BCUT2D eigenvalue weighted by Crippen LogP contribution is 2.23. The van der Waals surface area contributed by atoms with Gasteiger partial charge in [-0.05, 0) is 50.7 Å². The minimum atomic E-state index is 0.186. The highest BCUT2D eigenvalue weighted by molar-refractivity contribution is 6.42. The maximum absolute atomic E-state index is 12.9. The van der Waals surface area contributed by atoms with Crippen LogP contribution in [0.25, 0.3) is 0 Å². The van der Waals surface area contributed by atoms with Crippen LogP contribution in [0.1, 0.15) is 18.4 Å². The lowest BCUT2D eigenvalue weighted by Crippen LogP contribution is -2.58. The minimum absolute atomic E-state index is 0.186. The van der Waals surface area contributed by atoms with Crippen molar-refractivity contribution in [3.05, 3.63) is 33.8 Å². The van der Waals surface area contributed by atoms with Crippen molar-refractivity contribution in [2.75, 3.05) is 46.3 Å². The Bertz CT molecular complexity index is 590. The summed E-state index contributed by atoms with van der Waals surface area (Å²) in [5.41, 5.74) is 0.924. The largest absolute Gasteiger partial charge is 0.336 e. The van der Waals surface area contributed by atoms with E-state index in [-0.39, 0.29) is 11.9 Å². The summed E-state index contributed by atoms with van der Waals surface area (Å²) >= 11 is 12.0. The first kappa shape index (κ1) is 18.0. The Morgan fingerprint density at radius 1 is 1.12 bits per heavy atom. The molecule has 2 fully saturated rings. The molecule has 1 aromatic rings. The molecule has 0 saturated carbocycles. The molecule has 3 rings (SSSR count). The minimum Gasteiger partial charge on any atom is -0.336 e. The van der Waals surface area contributed by atoms with E-state index in [1.165, 1.54) is 12.8 Å². The Morgan fingerprint density at radius 2 is 1.88 bits per heavy atom. The van der Waals surface area contributed by atoms with Crippen molar-refractivity contribution in [3.8, 4) is 0 Å². The van der Waals surface area contributed by atoms with Crippen molar-refractivity contribution in [3.63, 3.8) is 0 Å². The lowest BCUT2D eigenvalue weighted by atomic mass is 10.1. The number of amides is 1. The maximum Gasteiger partial charge on any atom is 0.227 e. The van der Waals surface area contributed by atoms with Gasteiger partial charge < -0.3 is 14.7 Å². The van der Waals surface area contributed by atoms with Crippen LogP contribution in [-0.2, 0) is 11.2 Å². The van der Waals surface area contributed by atoms with Gasteiger partial charge in [0.15, 0.2) is 0 Å². The molecule has 4 nitrogen and oxygen atoms in total. The second-order valence-electron chi connectivity index (χ2n) is 6.94. The number of nitrogens with zero attached hydrogens (tertiary/aromatic N) is 3. The number of benzene rings is 1. The molecule has 0 N–H and O–H groups in total. The molecule has 2 aliphatic rings. The molecule has 1 atom stereocenters. The molecule has 0 spiro atoms. The molecule has 0 aromatic heterocycles. The molecule has 0 radical (unpaired) electrons. The van der Waals surface area contributed by atoms with Crippen LogP contribution in [0.2, 0.25) is 10.0 Å². The van der Waals surface area contributed by atoms with Gasteiger partial charge in [0.2, 0.25) is 5.91 Å². The van der Waals surface area contributed by atoms with Crippen LogP contribution < -0.4 is 0 Å². The van der Waals surface area contributed by atoms with E-state index in [0.29, 0.717) is 16.5 Å². The van der Waals surface area contributed by atoms with Crippen LogP contribution >= 0.6 is 23.2 Å². The Balaban J connectivity index is 1.66. The van der Waals surface area contributed by atoms with E-state index in [0.717, 1.165) is 44.8 Å². The highest BCUT2D eigenvalue weighted by atomic mass is 35.5. The monoisotopic (exact) mass is 369 g/mol. The molecular formula is C18H25Cl2N3O. The third kappa shape index (κ3) is 4.42. The number of carbonyl (C=O) groups excluding carboxylic acids is 1. The standard InChI is InChI=1S/C18H25Cl2N3O/c1-21-8-9-23(15(12-21)13-22-6-2-3-7-22)18(24)11-14-4-5-16(19)17(20)10-14/h4-5,10,15H,2-3,6-9,11-13H2,1H3. The summed E-state index contributed by atoms with van der Waals surface area (Å²) in [5.74, 6) is 0.186. The van der Waals surface area contributed by atoms with Gasteiger partial charge in [0.1, 0.15) is 0 Å². The SMILES string of the molecule is CN1CCN(C(=O)Cc2ccc(Cl)c(Cl)c2)C(CN2CCCC2)C1. The van der Waals surface area contributed by atoms with Crippen LogP contribution in [0.5, 0.6) is 0 Å². The van der Waals surface area contributed by atoms with Crippen LogP contribution in [0.15, 0.2) is 18.2 Å². The zero-order chi connectivity index (χ0) is 17.1. The average Bonchev–Trinajstić information content (AvgIpc) is 3.04. The molecule has 1 amide bonds. The van der Waals surface area contributed by atoms with E-state index in [4.69, 9.17) is 23.2 Å². The fraction of sp³-hybridized carbons (Fsp3) is 0.611.